The van der Waals surface area contributed by atoms with Gasteiger partial charge in [-0.1, -0.05) is 17.7 Å². The molecule has 0 bridgehead atoms. The van der Waals surface area contributed by atoms with Gasteiger partial charge in [0.2, 0.25) is 0 Å². The number of halogens is 1. The van der Waals surface area contributed by atoms with Gasteiger partial charge in [-0.05, 0) is 37.0 Å². The van der Waals surface area contributed by atoms with Crippen LogP contribution in [0, 0.1) is 5.92 Å². The highest BCUT2D eigenvalue weighted by Gasteiger charge is 2.20. The predicted octanol–water partition coefficient (Wildman–Crippen LogP) is 3.18. The lowest BCUT2D eigenvalue weighted by atomic mass is 9.98. The molecule has 1 amide bonds. The maximum absolute atomic E-state index is 10.7. The second-order valence-electron chi connectivity index (χ2n) is 5.71. The van der Waals surface area contributed by atoms with Crippen molar-refractivity contribution in [3.63, 3.8) is 0 Å². The monoisotopic (exact) mass is 326 g/mol. The molecule has 1 fully saturated rings. The first-order valence-electron chi connectivity index (χ1n) is 7.58. The van der Waals surface area contributed by atoms with Crippen molar-refractivity contribution < 1.29 is 14.6 Å². The molecule has 0 aliphatic carbocycles. The summed E-state index contributed by atoms with van der Waals surface area (Å²) >= 11 is 6.05. The first kappa shape index (κ1) is 16.9. The van der Waals surface area contributed by atoms with E-state index < -0.39 is 6.09 Å². The lowest BCUT2D eigenvalue weighted by Crippen LogP contribution is -2.37. The standard InChI is InChI=1S/C16H23ClN2O3/c1-18(16(20)21)8-9-22-12-13-4-3-7-19(11-13)15-6-2-5-14(17)10-15/h2,5-6,10,13H,3-4,7-9,11-12H2,1H3,(H,20,21). The Labute approximate surface area is 136 Å². The van der Waals surface area contributed by atoms with Crippen LogP contribution in [0.25, 0.3) is 0 Å². The van der Waals surface area contributed by atoms with Crippen LogP contribution < -0.4 is 4.90 Å². The minimum atomic E-state index is -0.923. The Morgan fingerprint density at radius 2 is 2.36 bits per heavy atom. The normalized spacial score (nSPS) is 18.3. The molecule has 1 aliphatic heterocycles. The number of rotatable bonds is 6. The average molecular weight is 327 g/mol. The topological polar surface area (TPSA) is 53.0 Å². The summed E-state index contributed by atoms with van der Waals surface area (Å²) in [5, 5.41) is 9.52. The van der Waals surface area contributed by atoms with Gasteiger partial charge in [-0.25, -0.2) is 4.79 Å². The Hall–Kier alpha value is -1.46. The summed E-state index contributed by atoms with van der Waals surface area (Å²) in [5.74, 6) is 0.475. The number of carboxylic acid groups (broad SMARTS) is 1. The van der Waals surface area contributed by atoms with Crippen LogP contribution in [0.15, 0.2) is 24.3 Å². The van der Waals surface area contributed by atoms with Crippen molar-refractivity contribution in [2.45, 2.75) is 12.8 Å². The number of likely N-dealkylation sites (N-methyl/N-ethyl adjacent to an activating group) is 1. The van der Waals surface area contributed by atoms with Gasteiger partial charge in [0.25, 0.3) is 0 Å². The van der Waals surface area contributed by atoms with E-state index in [1.807, 2.05) is 18.2 Å². The molecule has 5 nitrogen and oxygen atoms in total. The van der Waals surface area contributed by atoms with Crippen molar-refractivity contribution in [3.05, 3.63) is 29.3 Å². The number of amides is 1. The quantitative estimate of drug-likeness (QED) is 0.816. The van der Waals surface area contributed by atoms with Crippen LogP contribution in [0.3, 0.4) is 0 Å². The van der Waals surface area contributed by atoms with E-state index in [2.05, 4.69) is 11.0 Å². The molecular formula is C16H23ClN2O3. The summed E-state index contributed by atoms with van der Waals surface area (Å²) in [6, 6.07) is 7.93. The Morgan fingerprint density at radius 1 is 1.55 bits per heavy atom. The Balaban J connectivity index is 1.75. The molecule has 1 heterocycles. The first-order chi connectivity index (χ1) is 10.6. The second kappa shape index (κ2) is 8.25. The number of benzene rings is 1. The smallest absolute Gasteiger partial charge is 0.407 e. The van der Waals surface area contributed by atoms with Crippen molar-refractivity contribution in [1.29, 1.82) is 0 Å². The van der Waals surface area contributed by atoms with E-state index in [4.69, 9.17) is 21.4 Å². The zero-order valence-corrected chi connectivity index (χ0v) is 13.6. The van der Waals surface area contributed by atoms with Crippen molar-refractivity contribution in [2.24, 2.45) is 5.92 Å². The van der Waals surface area contributed by atoms with E-state index in [9.17, 15) is 4.79 Å². The molecule has 2 rings (SSSR count). The van der Waals surface area contributed by atoms with Crippen molar-refractivity contribution in [1.82, 2.24) is 4.90 Å². The van der Waals surface area contributed by atoms with Crippen LogP contribution in [0.4, 0.5) is 10.5 Å². The Morgan fingerprint density at radius 3 is 3.09 bits per heavy atom. The molecule has 0 aromatic heterocycles. The molecule has 1 unspecified atom stereocenters. The molecule has 1 aromatic carbocycles. The predicted molar refractivity (Wildman–Crippen MR) is 87.9 cm³/mol. The molecule has 6 heteroatoms. The average Bonchev–Trinajstić information content (AvgIpc) is 2.51. The van der Waals surface area contributed by atoms with Gasteiger partial charge in [-0.15, -0.1) is 0 Å². The van der Waals surface area contributed by atoms with E-state index in [1.54, 1.807) is 7.05 Å². The van der Waals surface area contributed by atoms with Gasteiger partial charge < -0.3 is 19.6 Å². The van der Waals surface area contributed by atoms with Gasteiger partial charge in [0.05, 0.1) is 13.2 Å². The number of carbonyl (C=O) groups is 1. The van der Waals surface area contributed by atoms with Crippen LogP contribution in [-0.4, -0.2) is 56.0 Å². The highest BCUT2D eigenvalue weighted by atomic mass is 35.5. The van der Waals surface area contributed by atoms with Gasteiger partial charge >= 0.3 is 6.09 Å². The van der Waals surface area contributed by atoms with Crippen LogP contribution in [0.5, 0.6) is 0 Å². The molecule has 22 heavy (non-hydrogen) atoms. The summed E-state index contributed by atoms with van der Waals surface area (Å²) < 4.78 is 5.64. The lowest BCUT2D eigenvalue weighted by molar-refractivity contribution is 0.0759. The summed E-state index contributed by atoms with van der Waals surface area (Å²) in [7, 11) is 1.55. The highest BCUT2D eigenvalue weighted by Crippen LogP contribution is 2.25. The summed E-state index contributed by atoms with van der Waals surface area (Å²) in [6.07, 6.45) is 1.36. The lowest BCUT2D eigenvalue weighted by Gasteiger charge is -2.34. The number of anilines is 1. The molecule has 0 radical (unpaired) electrons. The van der Waals surface area contributed by atoms with Crippen molar-refractivity contribution in [2.75, 3.05) is 44.8 Å². The maximum Gasteiger partial charge on any atom is 0.407 e. The van der Waals surface area contributed by atoms with Crippen molar-refractivity contribution >= 4 is 23.4 Å². The molecule has 1 aliphatic rings. The molecule has 1 atom stereocenters. The third kappa shape index (κ3) is 5.07. The molecular weight excluding hydrogens is 304 g/mol. The van der Waals surface area contributed by atoms with Gasteiger partial charge in [-0.2, -0.15) is 0 Å². The Kier molecular flexibility index (Phi) is 6.34. The third-order valence-electron chi connectivity index (χ3n) is 3.94. The summed E-state index contributed by atoms with van der Waals surface area (Å²) in [6.45, 7) is 3.51. The number of piperidine rings is 1. The van der Waals surface area contributed by atoms with Crippen LogP contribution in [-0.2, 0) is 4.74 Å². The van der Waals surface area contributed by atoms with Crippen LogP contribution in [0.2, 0.25) is 5.02 Å². The highest BCUT2D eigenvalue weighted by molar-refractivity contribution is 6.30. The van der Waals surface area contributed by atoms with Gasteiger partial charge in [0, 0.05) is 37.4 Å². The number of ether oxygens (including phenoxy) is 1. The summed E-state index contributed by atoms with van der Waals surface area (Å²) in [5.41, 5.74) is 1.16. The fraction of sp³-hybridized carbons (Fsp3) is 0.562. The number of nitrogens with zero attached hydrogens (tertiary/aromatic N) is 2. The summed E-state index contributed by atoms with van der Waals surface area (Å²) in [4.78, 5) is 14.3. The molecule has 1 aromatic rings. The van der Waals surface area contributed by atoms with Gasteiger partial charge in [0.15, 0.2) is 0 Å². The minimum absolute atomic E-state index is 0.403. The van der Waals surface area contributed by atoms with Crippen LogP contribution in [0.1, 0.15) is 12.8 Å². The van der Waals surface area contributed by atoms with Gasteiger partial charge in [0.1, 0.15) is 0 Å². The number of hydrogen-bond donors (Lipinski definition) is 1. The first-order valence-corrected chi connectivity index (χ1v) is 7.96. The molecule has 0 spiro atoms. The van der Waals surface area contributed by atoms with Gasteiger partial charge in [-0.3, -0.25) is 0 Å². The SMILES string of the molecule is CN(CCOCC1CCCN(c2cccc(Cl)c2)C1)C(=O)O. The zero-order valence-electron chi connectivity index (χ0n) is 12.9. The molecule has 1 N–H and O–H groups in total. The largest absolute Gasteiger partial charge is 0.465 e. The molecule has 0 saturated carbocycles. The van der Waals surface area contributed by atoms with E-state index in [0.29, 0.717) is 25.7 Å². The third-order valence-corrected chi connectivity index (χ3v) is 4.18. The maximum atomic E-state index is 10.7. The van der Waals surface area contributed by atoms with E-state index >= 15 is 0 Å². The fourth-order valence-electron chi connectivity index (χ4n) is 2.66. The van der Waals surface area contributed by atoms with Crippen molar-refractivity contribution in [3.8, 4) is 0 Å². The minimum Gasteiger partial charge on any atom is -0.465 e. The zero-order chi connectivity index (χ0) is 15.9. The van der Waals surface area contributed by atoms with E-state index in [1.165, 1.54) is 4.90 Å². The van der Waals surface area contributed by atoms with E-state index in [0.717, 1.165) is 36.6 Å². The number of hydrogen-bond acceptors (Lipinski definition) is 3. The molecule has 122 valence electrons. The Bertz CT molecular complexity index is 498. The molecule has 1 saturated heterocycles. The fourth-order valence-corrected chi connectivity index (χ4v) is 2.84. The second-order valence-corrected chi connectivity index (χ2v) is 6.15. The van der Waals surface area contributed by atoms with Crippen LogP contribution >= 0.6 is 11.6 Å². The van der Waals surface area contributed by atoms with E-state index in [-0.39, 0.29) is 0 Å².